The standard InChI is InChI=1S/C17H25FN2O/c1-12(2)16(20-8-4-5-9-20)11-19-17(21)14-7-6-13(3)10-15(14)18/h6-7,10,12,16H,4-5,8-9,11H2,1-3H3,(H,19,21). The van der Waals surface area contributed by atoms with Crippen molar-refractivity contribution in [2.45, 2.75) is 39.7 Å². The van der Waals surface area contributed by atoms with Gasteiger partial charge in [-0.05, 0) is 56.5 Å². The van der Waals surface area contributed by atoms with Gasteiger partial charge in [-0.3, -0.25) is 9.69 Å². The van der Waals surface area contributed by atoms with Crippen LogP contribution in [-0.2, 0) is 0 Å². The number of nitrogens with zero attached hydrogens (tertiary/aromatic N) is 1. The SMILES string of the molecule is Cc1ccc(C(=O)NCC(C(C)C)N2CCCC2)c(F)c1. The molecular formula is C17H25FN2O. The molecule has 1 aliphatic rings. The summed E-state index contributed by atoms with van der Waals surface area (Å²) in [5.74, 6) is -0.307. The maximum Gasteiger partial charge on any atom is 0.254 e. The molecule has 1 fully saturated rings. The number of nitrogens with one attached hydrogen (secondary N) is 1. The summed E-state index contributed by atoms with van der Waals surface area (Å²) in [5.41, 5.74) is 0.950. The highest BCUT2D eigenvalue weighted by Crippen LogP contribution is 2.17. The van der Waals surface area contributed by atoms with Crippen molar-refractivity contribution in [2.24, 2.45) is 5.92 Å². The fraction of sp³-hybridized carbons (Fsp3) is 0.588. The third-order valence-corrected chi connectivity index (χ3v) is 4.22. The molecule has 116 valence electrons. The fourth-order valence-corrected chi connectivity index (χ4v) is 2.96. The molecule has 1 saturated heterocycles. The molecule has 0 aromatic heterocycles. The largest absolute Gasteiger partial charge is 0.350 e. The van der Waals surface area contributed by atoms with Gasteiger partial charge in [0.05, 0.1) is 5.56 Å². The van der Waals surface area contributed by atoms with Crippen molar-refractivity contribution >= 4 is 5.91 Å². The quantitative estimate of drug-likeness (QED) is 0.905. The molecule has 0 radical (unpaired) electrons. The predicted octanol–water partition coefficient (Wildman–Crippen LogP) is 2.98. The van der Waals surface area contributed by atoms with Crippen molar-refractivity contribution in [3.8, 4) is 0 Å². The Balaban J connectivity index is 1.98. The first-order valence-corrected chi connectivity index (χ1v) is 7.77. The summed E-state index contributed by atoms with van der Waals surface area (Å²) in [5, 5.41) is 2.90. The van der Waals surface area contributed by atoms with Crippen LogP contribution in [0.15, 0.2) is 18.2 Å². The Kier molecular flexibility index (Phi) is 5.34. The molecule has 0 bridgehead atoms. The minimum atomic E-state index is -0.449. The lowest BCUT2D eigenvalue weighted by molar-refractivity contribution is 0.0923. The molecule has 1 unspecified atom stereocenters. The van der Waals surface area contributed by atoms with Gasteiger partial charge in [0.1, 0.15) is 5.82 Å². The van der Waals surface area contributed by atoms with Crippen LogP contribution in [0.3, 0.4) is 0 Å². The minimum Gasteiger partial charge on any atom is -0.350 e. The summed E-state index contributed by atoms with van der Waals surface area (Å²) >= 11 is 0. The molecule has 1 aliphatic heterocycles. The lowest BCUT2D eigenvalue weighted by Gasteiger charge is -2.31. The first-order valence-electron chi connectivity index (χ1n) is 7.77. The van der Waals surface area contributed by atoms with Gasteiger partial charge in [0.25, 0.3) is 5.91 Å². The molecule has 1 amide bonds. The lowest BCUT2D eigenvalue weighted by Crippen LogP contribution is -2.45. The van der Waals surface area contributed by atoms with Crippen LogP contribution in [0.4, 0.5) is 4.39 Å². The Labute approximate surface area is 126 Å². The second kappa shape index (κ2) is 7.03. The van der Waals surface area contributed by atoms with Gasteiger partial charge in [-0.1, -0.05) is 19.9 Å². The summed E-state index contributed by atoms with van der Waals surface area (Å²) in [4.78, 5) is 14.6. The van der Waals surface area contributed by atoms with E-state index in [1.165, 1.54) is 18.9 Å². The zero-order valence-corrected chi connectivity index (χ0v) is 13.2. The maximum absolute atomic E-state index is 13.8. The van der Waals surface area contributed by atoms with Crippen LogP contribution in [0.1, 0.15) is 42.6 Å². The molecule has 1 atom stereocenters. The number of halogens is 1. The van der Waals surface area contributed by atoms with Crippen LogP contribution in [0.25, 0.3) is 0 Å². The number of hydrogen-bond donors (Lipinski definition) is 1. The molecule has 1 aromatic rings. The van der Waals surface area contributed by atoms with E-state index in [0.717, 1.165) is 18.7 Å². The highest BCUT2D eigenvalue weighted by atomic mass is 19.1. The van der Waals surface area contributed by atoms with E-state index >= 15 is 0 Å². The molecular weight excluding hydrogens is 267 g/mol. The molecule has 2 rings (SSSR count). The summed E-state index contributed by atoms with van der Waals surface area (Å²) in [6.07, 6.45) is 2.45. The van der Waals surface area contributed by atoms with E-state index in [2.05, 4.69) is 24.1 Å². The van der Waals surface area contributed by atoms with Crippen molar-refractivity contribution in [3.05, 3.63) is 35.1 Å². The van der Waals surface area contributed by atoms with Gasteiger partial charge in [0, 0.05) is 12.6 Å². The Morgan fingerprint density at radius 1 is 1.33 bits per heavy atom. The number of likely N-dealkylation sites (tertiary alicyclic amines) is 1. The number of hydrogen-bond acceptors (Lipinski definition) is 2. The van der Waals surface area contributed by atoms with Crippen LogP contribution in [-0.4, -0.2) is 36.5 Å². The number of amides is 1. The second-order valence-corrected chi connectivity index (χ2v) is 6.25. The number of benzene rings is 1. The zero-order valence-electron chi connectivity index (χ0n) is 13.2. The second-order valence-electron chi connectivity index (χ2n) is 6.25. The minimum absolute atomic E-state index is 0.129. The van der Waals surface area contributed by atoms with Crippen molar-refractivity contribution in [1.29, 1.82) is 0 Å². The zero-order chi connectivity index (χ0) is 15.4. The van der Waals surface area contributed by atoms with E-state index in [9.17, 15) is 9.18 Å². The highest BCUT2D eigenvalue weighted by molar-refractivity contribution is 5.94. The Morgan fingerprint density at radius 2 is 2.00 bits per heavy atom. The molecule has 3 nitrogen and oxygen atoms in total. The molecule has 1 aromatic carbocycles. The Bertz CT molecular complexity index is 496. The van der Waals surface area contributed by atoms with Crippen LogP contribution in [0.2, 0.25) is 0 Å². The number of aryl methyl sites for hydroxylation is 1. The van der Waals surface area contributed by atoms with Gasteiger partial charge in [-0.15, -0.1) is 0 Å². The predicted molar refractivity (Wildman–Crippen MR) is 82.9 cm³/mol. The fourth-order valence-electron chi connectivity index (χ4n) is 2.96. The number of rotatable bonds is 5. The van der Waals surface area contributed by atoms with Crippen molar-refractivity contribution < 1.29 is 9.18 Å². The van der Waals surface area contributed by atoms with Crippen molar-refractivity contribution in [2.75, 3.05) is 19.6 Å². The van der Waals surface area contributed by atoms with Crippen LogP contribution >= 0.6 is 0 Å². The summed E-state index contributed by atoms with van der Waals surface area (Å²) in [7, 11) is 0. The Morgan fingerprint density at radius 3 is 2.57 bits per heavy atom. The van der Waals surface area contributed by atoms with Gasteiger partial charge < -0.3 is 5.32 Å². The van der Waals surface area contributed by atoms with Gasteiger partial charge in [0.2, 0.25) is 0 Å². The topological polar surface area (TPSA) is 32.3 Å². The van der Waals surface area contributed by atoms with E-state index < -0.39 is 5.82 Å². The summed E-state index contributed by atoms with van der Waals surface area (Å²) in [6, 6.07) is 5.04. The molecule has 4 heteroatoms. The molecule has 21 heavy (non-hydrogen) atoms. The van der Waals surface area contributed by atoms with E-state index in [-0.39, 0.29) is 11.5 Å². The van der Waals surface area contributed by atoms with E-state index in [1.54, 1.807) is 12.1 Å². The Hall–Kier alpha value is -1.42. The lowest BCUT2D eigenvalue weighted by atomic mass is 10.0. The highest BCUT2D eigenvalue weighted by Gasteiger charge is 2.25. The van der Waals surface area contributed by atoms with E-state index in [0.29, 0.717) is 18.5 Å². The van der Waals surface area contributed by atoms with Gasteiger partial charge in [-0.2, -0.15) is 0 Å². The summed E-state index contributed by atoms with van der Waals surface area (Å²) < 4.78 is 13.8. The average molecular weight is 292 g/mol. The normalized spacial score (nSPS) is 17.2. The molecule has 0 saturated carbocycles. The smallest absolute Gasteiger partial charge is 0.254 e. The van der Waals surface area contributed by atoms with Crippen molar-refractivity contribution in [3.63, 3.8) is 0 Å². The van der Waals surface area contributed by atoms with Gasteiger partial charge >= 0.3 is 0 Å². The third kappa shape index (κ3) is 4.03. The average Bonchev–Trinajstić information content (AvgIpc) is 2.92. The van der Waals surface area contributed by atoms with Gasteiger partial charge in [0.15, 0.2) is 0 Å². The number of carbonyl (C=O) groups is 1. The molecule has 1 heterocycles. The third-order valence-electron chi connectivity index (χ3n) is 4.22. The number of carbonyl (C=O) groups excluding carboxylic acids is 1. The first kappa shape index (κ1) is 16.0. The van der Waals surface area contributed by atoms with Gasteiger partial charge in [-0.25, -0.2) is 4.39 Å². The molecule has 1 N–H and O–H groups in total. The van der Waals surface area contributed by atoms with E-state index in [4.69, 9.17) is 0 Å². The molecule has 0 spiro atoms. The van der Waals surface area contributed by atoms with Crippen LogP contribution in [0, 0.1) is 18.7 Å². The monoisotopic (exact) mass is 292 g/mol. The first-order chi connectivity index (χ1) is 9.99. The van der Waals surface area contributed by atoms with Crippen LogP contribution in [0.5, 0.6) is 0 Å². The summed E-state index contributed by atoms with van der Waals surface area (Å²) in [6.45, 7) is 8.91. The molecule has 0 aliphatic carbocycles. The van der Waals surface area contributed by atoms with E-state index in [1.807, 2.05) is 6.92 Å². The van der Waals surface area contributed by atoms with Crippen LogP contribution < -0.4 is 5.32 Å². The van der Waals surface area contributed by atoms with Crippen molar-refractivity contribution in [1.82, 2.24) is 10.2 Å². The maximum atomic E-state index is 13.8.